The van der Waals surface area contributed by atoms with Crippen LogP contribution in [0, 0.1) is 6.92 Å². The smallest absolute Gasteiger partial charge is 0.239 e. The lowest BCUT2D eigenvalue weighted by molar-refractivity contribution is -0.278. The molecular weight excluding hydrogens is 416 g/mol. The Labute approximate surface area is 188 Å². The van der Waals surface area contributed by atoms with E-state index in [-0.39, 0.29) is 12.0 Å². The third-order valence-electron chi connectivity index (χ3n) is 5.48. The van der Waals surface area contributed by atoms with E-state index in [1.807, 2.05) is 56.6 Å². The third-order valence-corrected chi connectivity index (χ3v) is 5.48. The van der Waals surface area contributed by atoms with E-state index >= 15 is 0 Å². The Morgan fingerprint density at radius 1 is 1.09 bits per heavy atom. The Hall–Kier alpha value is -2.17. The van der Waals surface area contributed by atoms with E-state index in [0.29, 0.717) is 13.0 Å². The van der Waals surface area contributed by atoms with Crippen LogP contribution >= 0.6 is 0 Å². The van der Waals surface area contributed by atoms with Gasteiger partial charge >= 0.3 is 0 Å². The number of aryl methyl sites for hydroxylation is 1. The molecule has 0 amide bonds. The number of aliphatic hydroxyl groups is 4. The first-order valence-electron chi connectivity index (χ1n) is 11.0. The topological polar surface area (TPSA) is 126 Å². The number of ether oxygens (including phenoxy) is 3. The van der Waals surface area contributed by atoms with Crippen molar-refractivity contribution < 1.29 is 34.6 Å². The van der Waals surface area contributed by atoms with E-state index in [1.54, 1.807) is 0 Å². The van der Waals surface area contributed by atoms with Gasteiger partial charge in [0.05, 0.1) is 12.7 Å². The zero-order valence-electron chi connectivity index (χ0n) is 19.0. The lowest BCUT2D eigenvalue weighted by atomic mass is 9.99. The summed E-state index contributed by atoms with van der Waals surface area (Å²) in [6.45, 7) is 8.12. The van der Waals surface area contributed by atoms with Gasteiger partial charge in [-0.1, -0.05) is 19.1 Å². The molecule has 5 atom stereocenters. The Morgan fingerprint density at radius 2 is 1.78 bits per heavy atom. The Bertz CT molecular complexity index is 866. The molecule has 1 saturated heterocycles. The van der Waals surface area contributed by atoms with E-state index in [0.717, 1.165) is 29.0 Å². The summed E-state index contributed by atoms with van der Waals surface area (Å²) in [6, 6.07) is 7.79. The monoisotopic (exact) mass is 450 g/mol. The van der Waals surface area contributed by atoms with Crippen LogP contribution in [0.2, 0.25) is 0 Å². The van der Waals surface area contributed by atoms with Crippen LogP contribution < -0.4 is 9.47 Å². The quantitative estimate of drug-likeness (QED) is 0.448. The molecule has 4 N–H and O–H groups in total. The summed E-state index contributed by atoms with van der Waals surface area (Å²) in [7, 11) is 0. The highest BCUT2D eigenvalue weighted by Crippen LogP contribution is 2.30. The van der Waals surface area contributed by atoms with Crippen LogP contribution in [-0.4, -0.2) is 73.6 Å². The van der Waals surface area contributed by atoms with Gasteiger partial charge in [0.25, 0.3) is 0 Å². The number of hydrogen-bond acceptors (Lipinski definition) is 8. The van der Waals surface area contributed by atoms with Crippen molar-refractivity contribution in [3.8, 4) is 11.6 Å². The highest BCUT2D eigenvalue weighted by molar-refractivity contribution is 5.38. The lowest BCUT2D eigenvalue weighted by Gasteiger charge is -2.39. The Balaban J connectivity index is 1.85. The molecule has 0 bridgehead atoms. The number of nitrogens with zero attached hydrogens (tertiary/aromatic N) is 2. The molecular formula is C23H34N2O7. The highest BCUT2D eigenvalue weighted by Gasteiger charge is 2.45. The first-order chi connectivity index (χ1) is 15.2. The zero-order chi connectivity index (χ0) is 23.4. The van der Waals surface area contributed by atoms with Gasteiger partial charge in [-0.25, -0.2) is 0 Å². The van der Waals surface area contributed by atoms with E-state index in [2.05, 4.69) is 5.10 Å². The van der Waals surface area contributed by atoms with Gasteiger partial charge < -0.3 is 34.6 Å². The largest absolute Gasteiger partial charge is 0.491 e. The molecule has 1 aliphatic heterocycles. The molecule has 178 valence electrons. The highest BCUT2D eigenvalue weighted by atomic mass is 16.7. The molecule has 9 nitrogen and oxygen atoms in total. The Morgan fingerprint density at radius 3 is 2.38 bits per heavy atom. The van der Waals surface area contributed by atoms with Gasteiger partial charge in [0, 0.05) is 24.2 Å². The van der Waals surface area contributed by atoms with Crippen molar-refractivity contribution in [1.82, 2.24) is 9.78 Å². The molecule has 0 aliphatic carbocycles. The number of rotatable bonds is 9. The second-order valence-electron chi connectivity index (χ2n) is 8.39. The minimum atomic E-state index is -1.51. The molecule has 9 heteroatoms. The van der Waals surface area contributed by atoms with Crippen molar-refractivity contribution in [2.75, 3.05) is 6.61 Å². The van der Waals surface area contributed by atoms with Crippen LogP contribution in [0.25, 0.3) is 0 Å². The minimum Gasteiger partial charge on any atom is -0.491 e. The van der Waals surface area contributed by atoms with E-state index in [9.17, 15) is 20.4 Å². The third kappa shape index (κ3) is 5.41. The maximum atomic E-state index is 10.4. The summed E-state index contributed by atoms with van der Waals surface area (Å²) in [4.78, 5) is 0. The van der Waals surface area contributed by atoms with Gasteiger partial charge in [-0.05, 0) is 44.9 Å². The van der Waals surface area contributed by atoms with E-state index < -0.39 is 37.3 Å². The number of benzene rings is 1. The standard InChI is InChI=1S/C23H34N2O7/c1-5-10-25-14(4)17(11-15-6-8-16(9-7-15)30-13(2)3)22(24-25)32-23-21(29)20(28)19(27)18(12-26)31-23/h6-9,13,18-21,23,26-29H,5,10-12H2,1-4H3/t18-,19-,20+,21-,23?/m1/s1. The second kappa shape index (κ2) is 10.6. The van der Waals surface area contributed by atoms with Crippen molar-refractivity contribution in [1.29, 1.82) is 0 Å². The van der Waals surface area contributed by atoms with Crippen LogP contribution in [0.3, 0.4) is 0 Å². The van der Waals surface area contributed by atoms with Crippen molar-refractivity contribution >= 4 is 0 Å². The SMILES string of the molecule is CCCn1nc(OC2O[C@H](CO)[C@@H](O)[C@H](O)[C@H]2O)c(Cc2ccc(OC(C)C)cc2)c1C. The minimum absolute atomic E-state index is 0.0916. The molecule has 1 fully saturated rings. The Kier molecular flexibility index (Phi) is 8.13. The van der Waals surface area contributed by atoms with Crippen LogP contribution in [0.4, 0.5) is 0 Å². The molecule has 1 unspecified atom stereocenters. The van der Waals surface area contributed by atoms with Crippen molar-refractivity contribution in [3.05, 3.63) is 41.1 Å². The molecule has 3 rings (SSSR count). The molecule has 0 spiro atoms. The fourth-order valence-corrected chi connectivity index (χ4v) is 3.72. The van der Waals surface area contributed by atoms with Gasteiger partial charge in [-0.15, -0.1) is 5.10 Å². The summed E-state index contributed by atoms with van der Waals surface area (Å²) in [5.74, 6) is 1.07. The average Bonchev–Trinajstić information content (AvgIpc) is 3.04. The molecule has 1 aromatic heterocycles. The van der Waals surface area contributed by atoms with Gasteiger partial charge in [-0.3, -0.25) is 4.68 Å². The zero-order valence-corrected chi connectivity index (χ0v) is 19.0. The van der Waals surface area contributed by atoms with Crippen LogP contribution in [0.5, 0.6) is 11.6 Å². The summed E-state index contributed by atoms with van der Waals surface area (Å²) in [6.07, 6.45) is -5.28. The second-order valence-corrected chi connectivity index (χ2v) is 8.39. The lowest BCUT2D eigenvalue weighted by Crippen LogP contribution is -2.60. The first-order valence-corrected chi connectivity index (χ1v) is 11.0. The summed E-state index contributed by atoms with van der Waals surface area (Å²) in [5, 5.41) is 44.4. The molecule has 2 heterocycles. The summed E-state index contributed by atoms with van der Waals surface area (Å²) < 4.78 is 18.9. The molecule has 0 radical (unpaired) electrons. The number of aromatic nitrogens is 2. The normalized spacial score (nSPS) is 25.8. The van der Waals surface area contributed by atoms with E-state index in [1.165, 1.54) is 0 Å². The van der Waals surface area contributed by atoms with Crippen LogP contribution in [0.15, 0.2) is 24.3 Å². The van der Waals surface area contributed by atoms with Crippen molar-refractivity contribution in [2.24, 2.45) is 0 Å². The van der Waals surface area contributed by atoms with Gasteiger partial charge in [0.1, 0.15) is 30.2 Å². The summed E-state index contributed by atoms with van der Waals surface area (Å²) in [5.41, 5.74) is 2.78. The number of hydrogen-bond donors (Lipinski definition) is 4. The fraction of sp³-hybridized carbons (Fsp3) is 0.609. The summed E-state index contributed by atoms with van der Waals surface area (Å²) >= 11 is 0. The number of aliphatic hydroxyl groups excluding tert-OH is 4. The van der Waals surface area contributed by atoms with Gasteiger partial charge in [0.2, 0.25) is 12.2 Å². The van der Waals surface area contributed by atoms with Crippen molar-refractivity contribution in [3.63, 3.8) is 0 Å². The van der Waals surface area contributed by atoms with Gasteiger partial charge in [0.15, 0.2) is 0 Å². The molecule has 0 saturated carbocycles. The molecule has 1 aliphatic rings. The molecule has 1 aromatic carbocycles. The van der Waals surface area contributed by atoms with Crippen LogP contribution in [-0.2, 0) is 17.7 Å². The maximum Gasteiger partial charge on any atom is 0.239 e. The average molecular weight is 451 g/mol. The fourth-order valence-electron chi connectivity index (χ4n) is 3.72. The van der Waals surface area contributed by atoms with Crippen molar-refractivity contribution in [2.45, 2.75) is 83.9 Å². The molecule has 32 heavy (non-hydrogen) atoms. The first kappa shape index (κ1) is 24.5. The molecule has 2 aromatic rings. The van der Waals surface area contributed by atoms with E-state index in [4.69, 9.17) is 14.2 Å². The predicted molar refractivity (Wildman–Crippen MR) is 117 cm³/mol. The van der Waals surface area contributed by atoms with Crippen LogP contribution in [0.1, 0.15) is 44.0 Å². The maximum absolute atomic E-state index is 10.4. The van der Waals surface area contributed by atoms with Gasteiger partial charge in [-0.2, -0.15) is 0 Å². The predicted octanol–water partition coefficient (Wildman–Crippen LogP) is 1.16.